The molecule has 72 valence electrons. The van der Waals surface area contributed by atoms with E-state index in [-0.39, 0.29) is 0 Å². The third-order valence-corrected chi connectivity index (χ3v) is 1.78. The number of rotatable bonds is 4. The molecule has 1 aromatic rings. The van der Waals surface area contributed by atoms with Crippen molar-refractivity contribution in [3.05, 3.63) is 11.5 Å². The molecule has 1 N–H and O–H groups in total. The van der Waals surface area contributed by atoms with Crippen molar-refractivity contribution in [1.29, 1.82) is 0 Å². The van der Waals surface area contributed by atoms with E-state index in [0.717, 1.165) is 13.0 Å². The van der Waals surface area contributed by atoms with Gasteiger partial charge in [0.2, 0.25) is 0 Å². The van der Waals surface area contributed by atoms with Crippen molar-refractivity contribution in [3.63, 3.8) is 0 Å². The second kappa shape index (κ2) is 4.87. The van der Waals surface area contributed by atoms with Gasteiger partial charge in [0.05, 0.1) is 7.11 Å². The fourth-order valence-corrected chi connectivity index (χ4v) is 1.11. The molecule has 0 amide bonds. The number of nitrogens with zero attached hydrogens (tertiary/aromatic N) is 2. The third-order valence-electron chi connectivity index (χ3n) is 1.51. The van der Waals surface area contributed by atoms with E-state index < -0.39 is 0 Å². The maximum atomic E-state index is 5.79. The summed E-state index contributed by atoms with van der Waals surface area (Å²) in [5.74, 6) is 1.14. The summed E-state index contributed by atoms with van der Waals surface area (Å²) in [7, 11) is 1.54. The Hall–Kier alpha value is -1.03. The lowest BCUT2D eigenvalue weighted by Crippen LogP contribution is -2.04. The minimum Gasteiger partial charge on any atom is -0.490 e. The summed E-state index contributed by atoms with van der Waals surface area (Å²) in [6, 6.07) is 0. The first-order chi connectivity index (χ1) is 6.29. The molecule has 0 spiro atoms. The summed E-state index contributed by atoms with van der Waals surface area (Å²) < 4.78 is 5.05. The number of anilines is 1. The molecule has 0 bridgehead atoms. The Kier molecular flexibility index (Phi) is 3.76. The molecule has 0 saturated carbocycles. The SMILES string of the molecule is CCCNc1ncnc(Cl)c1OC. The van der Waals surface area contributed by atoms with Crippen molar-refractivity contribution in [2.75, 3.05) is 19.0 Å². The first kappa shape index (κ1) is 10.1. The van der Waals surface area contributed by atoms with Crippen LogP contribution >= 0.6 is 11.6 Å². The molecule has 5 heteroatoms. The lowest BCUT2D eigenvalue weighted by Gasteiger charge is -2.08. The van der Waals surface area contributed by atoms with E-state index in [4.69, 9.17) is 16.3 Å². The first-order valence-electron chi connectivity index (χ1n) is 4.08. The van der Waals surface area contributed by atoms with Crippen LogP contribution in [0.4, 0.5) is 5.82 Å². The Bertz CT molecular complexity index is 280. The lowest BCUT2D eigenvalue weighted by molar-refractivity contribution is 0.413. The van der Waals surface area contributed by atoms with Gasteiger partial charge in [-0.3, -0.25) is 0 Å². The van der Waals surface area contributed by atoms with Crippen LogP contribution in [0.1, 0.15) is 13.3 Å². The summed E-state index contributed by atoms with van der Waals surface area (Å²) in [6.07, 6.45) is 2.42. The molecule has 0 unspecified atom stereocenters. The van der Waals surface area contributed by atoms with Crippen LogP contribution in [0, 0.1) is 0 Å². The van der Waals surface area contributed by atoms with Crippen molar-refractivity contribution < 1.29 is 4.74 Å². The Balaban J connectivity index is 2.85. The van der Waals surface area contributed by atoms with Crippen molar-refractivity contribution in [2.45, 2.75) is 13.3 Å². The summed E-state index contributed by atoms with van der Waals surface area (Å²) >= 11 is 5.79. The normalized spacial score (nSPS) is 9.77. The van der Waals surface area contributed by atoms with Gasteiger partial charge in [0.15, 0.2) is 16.7 Å². The average Bonchev–Trinajstić information content (AvgIpc) is 2.15. The molecular weight excluding hydrogens is 190 g/mol. The molecule has 0 aliphatic heterocycles. The fourth-order valence-electron chi connectivity index (χ4n) is 0.902. The van der Waals surface area contributed by atoms with Gasteiger partial charge in [-0.25, -0.2) is 9.97 Å². The molecule has 0 atom stereocenters. The highest BCUT2D eigenvalue weighted by Crippen LogP contribution is 2.27. The minimum absolute atomic E-state index is 0.330. The molecule has 13 heavy (non-hydrogen) atoms. The number of hydrogen-bond acceptors (Lipinski definition) is 4. The molecule has 1 aromatic heterocycles. The highest BCUT2D eigenvalue weighted by atomic mass is 35.5. The van der Waals surface area contributed by atoms with Crippen LogP contribution in [0.25, 0.3) is 0 Å². The summed E-state index contributed by atoms with van der Waals surface area (Å²) in [6.45, 7) is 2.91. The van der Waals surface area contributed by atoms with E-state index in [9.17, 15) is 0 Å². The van der Waals surface area contributed by atoms with E-state index in [0.29, 0.717) is 16.7 Å². The maximum absolute atomic E-state index is 5.79. The Morgan fingerprint density at radius 3 is 2.92 bits per heavy atom. The van der Waals surface area contributed by atoms with Crippen molar-refractivity contribution in [3.8, 4) is 5.75 Å². The van der Waals surface area contributed by atoms with Crippen molar-refractivity contribution in [1.82, 2.24) is 9.97 Å². The Morgan fingerprint density at radius 2 is 2.31 bits per heavy atom. The van der Waals surface area contributed by atoms with Crippen LogP contribution < -0.4 is 10.1 Å². The topological polar surface area (TPSA) is 47.0 Å². The predicted molar refractivity (Wildman–Crippen MR) is 52.4 cm³/mol. The zero-order valence-corrected chi connectivity index (χ0v) is 8.43. The van der Waals surface area contributed by atoms with Gasteiger partial charge in [-0.2, -0.15) is 0 Å². The summed E-state index contributed by atoms with van der Waals surface area (Å²) in [4.78, 5) is 7.82. The number of ether oxygens (including phenoxy) is 1. The van der Waals surface area contributed by atoms with Gasteiger partial charge in [0.25, 0.3) is 0 Å². The van der Waals surface area contributed by atoms with Crippen LogP contribution in [0.3, 0.4) is 0 Å². The summed E-state index contributed by atoms with van der Waals surface area (Å²) in [5, 5.41) is 3.42. The standard InChI is InChI=1S/C8H12ClN3O/c1-3-4-10-8-6(13-2)7(9)11-5-12-8/h5H,3-4H2,1-2H3,(H,10,11,12). The van der Waals surface area contributed by atoms with Gasteiger partial charge in [-0.05, 0) is 6.42 Å². The molecule has 0 aliphatic rings. The van der Waals surface area contributed by atoms with E-state index in [1.165, 1.54) is 6.33 Å². The van der Waals surface area contributed by atoms with Gasteiger partial charge < -0.3 is 10.1 Å². The highest BCUT2D eigenvalue weighted by molar-refractivity contribution is 6.31. The number of halogens is 1. The maximum Gasteiger partial charge on any atom is 0.198 e. The average molecular weight is 202 g/mol. The molecule has 0 aliphatic carbocycles. The molecule has 0 fully saturated rings. The number of hydrogen-bond donors (Lipinski definition) is 1. The van der Waals surface area contributed by atoms with E-state index >= 15 is 0 Å². The Morgan fingerprint density at radius 1 is 1.54 bits per heavy atom. The monoisotopic (exact) mass is 201 g/mol. The van der Waals surface area contributed by atoms with E-state index in [1.54, 1.807) is 7.11 Å². The summed E-state index contributed by atoms with van der Waals surface area (Å²) in [5.41, 5.74) is 0. The van der Waals surface area contributed by atoms with Gasteiger partial charge in [-0.15, -0.1) is 0 Å². The molecule has 0 radical (unpaired) electrons. The smallest absolute Gasteiger partial charge is 0.198 e. The molecule has 1 rings (SSSR count). The minimum atomic E-state index is 0.330. The van der Waals surface area contributed by atoms with Gasteiger partial charge in [-0.1, -0.05) is 18.5 Å². The van der Waals surface area contributed by atoms with E-state index in [1.807, 2.05) is 0 Å². The van der Waals surface area contributed by atoms with Crippen LogP contribution in [-0.2, 0) is 0 Å². The van der Waals surface area contributed by atoms with Crippen LogP contribution in [0.2, 0.25) is 5.15 Å². The van der Waals surface area contributed by atoms with Crippen molar-refractivity contribution in [2.24, 2.45) is 0 Å². The van der Waals surface area contributed by atoms with Gasteiger partial charge in [0.1, 0.15) is 6.33 Å². The molecule has 1 heterocycles. The second-order valence-corrected chi connectivity index (χ2v) is 2.83. The predicted octanol–water partition coefficient (Wildman–Crippen LogP) is 1.96. The largest absolute Gasteiger partial charge is 0.490 e. The molecular formula is C8H12ClN3O. The molecule has 0 aromatic carbocycles. The highest BCUT2D eigenvalue weighted by Gasteiger charge is 2.08. The fraction of sp³-hybridized carbons (Fsp3) is 0.500. The van der Waals surface area contributed by atoms with Gasteiger partial charge in [0, 0.05) is 6.54 Å². The van der Waals surface area contributed by atoms with Crippen LogP contribution in [-0.4, -0.2) is 23.6 Å². The first-order valence-corrected chi connectivity index (χ1v) is 4.45. The molecule has 0 saturated heterocycles. The van der Waals surface area contributed by atoms with Gasteiger partial charge >= 0.3 is 0 Å². The van der Waals surface area contributed by atoms with E-state index in [2.05, 4.69) is 22.2 Å². The number of methoxy groups -OCH3 is 1. The number of aromatic nitrogens is 2. The second-order valence-electron chi connectivity index (χ2n) is 2.47. The Labute approximate surface area is 82.3 Å². The molecule has 4 nitrogen and oxygen atoms in total. The van der Waals surface area contributed by atoms with Crippen molar-refractivity contribution >= 4 is 17.4 Å². The quantitative estimate of drug-likeness (QED) is 0.757. The van der Waals surface area contributed by atoms with Crippen LogP contribution in [0.15, 0.2) is 6.33 Å². The zero-order valence-electron chi connectivity index (χ0n) is 7.67. The lowest BCUT2D eigenvalue weighted by atomic mass is 10.4. The number of nitrogens with one attached hydrogen (secondary N) is 1. The third kappa shape index (κ3) is 2.45. The zero-order chi connectivity index (χ0) is 9.68. The van der Waals surface area contributed by atoms with Crippen LogP contribution in [0.5, 0.6) is 5.75 Å².